The van der Waals surface area contributed by atoms with Crippen molar-refractivity contribution in [2.45, 2.75) is 32.6 Å². The van der Waals surface area contributed by atoms with Gasteiger partial charge in [-0.1, -0.05) is 6.92 Å². The fourth-order valence-electron chi connectivity index (χ4n) is 2.10. The van der Waals surface area contributed by atoms with E-state index in [0.717, 1.165) is 32.4 Å². The minimum Gasteiger partial charge on any atom is -0.355 e. The molecule has 106 valence electrons. The molecule has 6 heteroatoms. The lowest BCUT2D eigenvalue weighted by Crippen LogP contribution is -2.34. The Morgan fingerprint density at radius 1 is 1.22 bits per heavy atom. The summed E-state index contributed by atoms with van der Waals surface area (Å²) >= 11 is 0. The first-order valence-corrected chi connectivity index (χ1v) is 8.58. The second kappa shape index (κ2) is 6.52. The molecule has 0 bridgehead atoms. The van der Waals surface area contributed by atoms with E-state index in [0.29, 0.717) is 13.0 Å². The Hall–Kier alpha value is -0.620. The first kappa shape index (κ1) is 15.4. The molecule has 1 aliphatic carbocycles. The predicted octanol–water partition coefficient (Wildman–Crippen LogP) is 0.317. The van der Waals surface area contributed by atoms with Gasteiger partial charge in [0.05, 0.1) is 5.75 Å². The van der Waals surface area contributed by atoms with E-state index in [1.807, 2.05) is 0 Å². The van der Waals surface area contributed by atoms with Crippen LogP contribution in [-0.2, 0) is 14.6 Å². The molecule has 0 unspecified atom stereocenters. The summed E-state index contributed by atoms with van der Waals surface area (Å²) in [4.78, 5) is 11.7. The van der Waals surface area contributed by atoms with Crippen molar-refractivity contribution < 1.29 is 13.2 Å². The monoisotopic (exact) mass is 276 g/mol. The molecule has 0 aromatic rings. The third-order valence-corrected chi connectivity index (χ3v) is 4.25. The molecule has 1 rings (SSSR count). The van der Waals surface area contributed by atoms with E-state index in [1.165, 1.54) is 6.26 Å². The van der Waals surface area contributed by atoms with Gasteiger partial charge in [-0.05, 0) is 31.2 Å². The number of carbonyl (C=O) groups is 1. The molecule has 0 radical (unpaired) electrons. The third kappa shape index (κ3) is 6.35. The maximum absolute atomic E-state index is 11.7. The Morgan fingerprint density at radius 3 is 2.39 bits per heavy atom. The minimum atomic E-state index is -2.99. The average Bonchev–Trinajstić information content (AvgIpc) is 2.94. The summed E-state index contributed by atoms with van der Waals surface area (Å²) in [5, 5.41) is 6.02. The number of hydrogen-bond acceptors (Lipinski definition) is 4. The number of carbonyl (C=O) groups excluding carboxylic acids is 1. The highest BCUT2D eigenvalue weighted by atomic mass is 32.2. The van der Waals surface area contributed by atoms with Gasteiger partial charge in [0.2, 0.25) is 5.91 Å². The second-order valence-corrected chi connectivity index (χ2v) is 7.49. The van der Waals surface area contributed by atoms with Gasteiger partial charge >= 0.3 is 0 Å². The maximum atomic E-state index is 11.7. The fourth-order valence-corrected chi connectivity index (χ4v) is 3.60. The molecule has 0 saturated heterocycles. The molecule has 2 N–H and O–H groups in total. The number of amides is 1. The van der Waals surface area contributed by atoms with E-state index in [2.05, 4.69) is 17.6 Å². The van der Waals surface area contributed by atoms with Gasteiger partial charge in [0.15, 0.2) is 0 Å². The van der Waals surface area contributed by atoms with Gasteiger partial charge in [0.1, 0.15) is 9.84 Å². The van der Waals surface area contributed by atoms with Gasteiger partial charge in [-0.15, -0.1) is 0 Å². The Morgan fingerprint density at radius 2 is 1.89 bits per heavy atom. The van der Waals surface area contributed by atoms with Crippen LogP contribution in [0, 0.1) is 5.41 Å². The van der Waals surface area contributed by atoms with Crippen LogP contribution in [0.4, 0.5) is 0 Å². The molecule has 0 aliphatic heterocycles. The number of sulfone groups is 1. The van der Waals surface area contributed by atoms with Crippen LogP contribution < -0.4 is 10.6 Å². The van der Waals surface area contributed by atoms with Gasteiger partial charge in [-0.25, -0.2) is 8.42 Å². The Bertz CT molecular complexity index is 375. The molecule has 5 nitrogen and oxygen atoms in total. The number of nitrogens with one attached hydrogen (secondary N) is 2. The number of hydrogen-bond donors (Lipinski definition) is 2. The second-order valence-electron chi connectivity index (χ2n) is 5.35. The predicted molar refractivity (Wildman–Crippen MR) is 72.2 cm³/mol. The maximum Gasteiger partial charge on any atom is 0.220 e. The SMILES string of the molecule is CCCNCCNC(=O)CC1(CS(C)(=O)=O)CC1. The van der Waals surface area contributed by atoms with Crippen molar-refractivity contribution in [1.82, 2.24) is 10.6 Å². The van der Waals surface area contributed by atoms with E-state index < -0.39 is 9.84 Å². The minimum absolute atomic E-state index is 0.0329. The van der Waals surface area contributed by atoms with Gasteiger partial charge in [0, 0.05) is 25.8 Å². The van der Waals surface area contributed by atoms with Crippen molar-refractivity contribution in [2.24, 2.45) is 5.41 Å². The van der Waals surface area contributed by atoms with Crippen LogP contribution >= 0.6 is 0 Å². The lowest BCUT2D eigenvalue weighted by molar-refractivity contribution is -0.122. The summed E-state index contributed by atoms with van der Waals surface area (Å²) in [5.41, 5.74) is -0.269. The Kier molecular flexibility index (Phi) is 5.59. The van der Waals surface area contributed by atoms with Gasteiger partial charge in [-0.2, -0.15) is 0 Å². The standard InChI is InChI=1S/C12H24N2O3S/c1-3-6-13-7-8-14-11(15)9-12(4-5-12)10-18(2,16)17/h13H,3-10H2,1-2H3,(H,14,15). The highest BCUT2D eigenvalue weighted by Gasteiger charge is 2.46. The summed E-state index contributed by atoms with van der Waals surface area (Å²) in [6.07, 6.45) is 4.35. The zero-order valence-electron chi connectivity index (χ0n) is 11.3. The lowest BCUT2D eigenvalue weighted by atomic mass is 10.1. The summed E-state index contributed by atoms with van der Waals surface area (Å²) < 4.78 is 22.5. The molecule has 0 spiro atoms. The van der Waals surface area contributed by atoms with Crippen molar-refractivity contribution in [3.63, 3.8) is 0 Å². The average molecular weight is 276 g/mol. The first-order valence-electron chi connectivity index (χ1n) is 6.52. The van der Waals surface area contributed by atoms with Crippen LogP contribution in [0.1, 0.15) is 32.6 Å². The largest absolute Gasteiger partial charge is 0.355 e. The van der Waals surface area contributed by atoms with Crippen molar-refractivity contribution >= 4 is 15.7 Å². The third-order valence-electron chi connectivity index (χ3n) is 3.11. The summed E-state index contributed by atoms with van der Waals surface area (Å²) in [6.45, 7) is 4.41. The molecule has 1 amide bonds. The zero-order chi connectivity index (χ0) is 13.6. The molecule has 18 heavy (non-hydrogen) atoms. The van der Waals surface area contributed by atoms with Crippen LogP contribution in [0.15, 0.2) is 0 Å². The zero-order valence-corrected chi connectivity index (χ0v) is 12.1. The molecule has 1 fully saturated rings. The summed E-state index contributed by atoms with van der Waals surface area (Å²) in [6, 6.07) is 0. The van der Waals surface area contributed by atoms with E-state index in [-0.39, 0.29) is 17.1 Å². The van der Waals surface area contributed by atoms with E-state index >= 15 is 0 Å². The summed E-state index contributed by atoms with van der Waals surface area (Å²) in [7, 11) is -2.99. The highest BCUT2D eigenvalue weighted by molar-refractivity contribution is 7.90. The smallest absolute Gasteiger partial charge is 0.220 e. The van der Waals surface area contributed by atoms with Crippen molar-refractivity contribution in [1.29, 1.82) is 0 Å². The summed E-state index contributed by atoms with van der Waals surface area (Å²) in [5.74, 6) is 0.107. The van der Waals surface area contributed by atoms with Crippen LogP contribution in [0.5, 0.6) is 0 Å². The van der Waals surface area contributed by atoms with Gasteiger partial charge < -0.3 is 10.6 Å². The Balaban J connectivity index is 2.20. The van der Waals surface area contributed by atoms with Crippen LogP contribution in [-0.4, -0.2) is 46.0 Å². The Labute approximate surface area is 110 Å². The van der Waals surface area contributed by atoms with Crippen molar-refractivity contribution in [3.8, 4) is 0 Å². The van der Waals surface area contributed by atoms with Crippen molar-refractivity contribution in [2.75, 3.05) is 31.6 Å². The van der Waals surface area contributed by atoms with E-state index in [9.17, 15) is 13.2 Å². The fraction of sp³-hybridized carbons (Fsp3) is 0.917. The quantitative estimate of drug-likeness (QED) is 0.595. The molecular weight excluding hydrogens is 252 g/mol. The van der Waals surface area contributed by atoms with E-state index in [4.69, 9.17) is 0 Å². The van der Waals surface area contributed by atoms with Crippen LogP contribution in [0.25, 0.3) is 0 Å². The molecule has 0 aromatic heterocycles. The molecule has 1 saturated carbocycles. The molecular formula is C12H24N2O3S. The number of rotatable bonds is 9. The van der Waals surface area contributed by atoms with Gasteiger partial charge in [0.25, 0.3) is 0 Å². The van der Waals surface area contributed by atoms with Crippen molar-refractivity contribution in [3.05, 3.63) is 0 Å². The normalized spacial score (nSPS) is 17.4. The molecule has 1 aliphatic rings. The first-order chi connectivity index (χ1) is 8.37. The van der Waals surface area contributed by atoms with E-state index in [1.54, 1.807) is 0 Å². The van der Waals surface area contributed by atoms with Crippen LogP contribution in [0.2, 0.25) is 0 Å². The van der Waals surface area contributed by atoms with Crippen LogP contribution in [0.3, 0.4) is 0 Å². The molecule has 0 atom stereocenters. The van der Waals surface area contributed by atoms with Gasteiger partial charge in [-0.3, -0.25) is 4.79 Å². The highest BCUT2D eigenvalue weighted by Crippen LogP contribution is 2.49. The topological polar surface area (TPSA) is 75.3 Å². The molecule has 0 aromatic carbocycles. The lowest BCUT2D eigenvalue weighted by Gasteiger charge is -2.13. The molecule has 0 heterocycles.